The van der Waals surface area contributed by atoms with E-state index in [1.807, 2.05) is 30.5 Å². The van der Waals surface area contributed by atoms with E-state index >= 15 is 0 Å². The zero-order chi connectivity index (χ0) is 26.4. The van der Waals surface area contributed by atoms with Gasteiger partial charge >= 0.3 is 0 Å². The number of rotatable bonds is 7. The molecule has 1 amide bonds. The first-order chi connectivity index (χ1) is 18.4. The van der Waals surface area contributed by atoms with E-state index in [9.17, 15) is 9.18 Å². The Balaban J connectivity index is 1.59. The molecule has 0 atom stereocenters. The normalized spacial score (nSPS) is 14.2. The molecule has 2 N–H and O–H groups in total. The van der Waals surface area contributed by atoms with Crippen LogP contribution in [0.3, 0.4) is 0 Å². The number of nitrogens with one attached hydrogen (secondary N) is 2. The first-order valence-corrected chi connectivity index (χ1v) is 13.0. The lowest BCUT2D eigenvalue weighted by atomic mass is 9.84. The molecule has 5 aromatic rings. The largest absolute Gasteiger partial charge is 0.384 e. The summed E-state index contributed by atoms with van der Waals surface area (Å²) >= 11 is 0. The number of carbonyl (C=O) groups excluding carboxylic acids is 1. The summed E-state index contributed by atoms with van der Waals surface area (Å²) in [5.41, 5.74) is 6.13. The van der Waals surface area contributed by atoms with E-state index in [-0.39, 0.29) is 17.8 Å². The number of methoxy groups -OCH3 is 1. The van der Waals surface area contributed by atoms with E-state index in [4.69, 9.17) is 4.74 Å². The third-order valence-corrected chi connectivity index (χ3v) is 7.63. The Labute approximate surface area is 220 Å². The van der Waals surface area contributed by atoms with Crippen molar-refractivity contribution in [1.29, 1.82) is 0 Å². The smallest absolute Gasteiger partial charge is 0.251 e. The van der Waals surface area contributed by atoms with Crippen molar-refractivity contribution >= 4 is 27.7 Å². The van der Waals surface area contributed by atoms with Gasteiger partial charge in [-0.05, 0) is 73.4 Å². The van der Waals surface area contributed by atoms with Crippen LogP contribution < -0.4 is 5.32 Å². The first-order valence-electron chi connectivity index (χ1n) is 13.0. The number of halogens is 1. The lowest BCUT2D eigenvalue weighted by molar-refractivity contribution is 0.0917. The average Bonchev–Trinajstić information content (AvgIpc) is 3.47. The zero-order valence-corrected chi connectivity index (χ0v) is 21.8. The van der Waals surface area contributed by atoms with Crippen LogP contribution in [0.1, 0.15) is 49.2 Å². The van der Waals surface area contributed by atoms with Gasteiger partial charge in [-0.1, -0.05) is 26.0 Å². The number of ether oxygens (including phenoxy) is 1. The molecule has 194 valence electrons. The fourth-order valence-corrected chi connectivity index (χ4v) is 5.55. The molecule has 0 aliphatic heterocycles. The predicted molar refractivity (Wildman–Crippen MR) is 148 cm³/mol. The highest BCUT2D eigenvalue weighted by Gasteiger charge is 2.32. The van der Waals surface area contributed by atoms with Crippen LogP contribution >= 0.6 is 0 Å². The van der Waals surface area contributed by atoms with Gasteiger partial charge in [0.05, 0.1) is 23.8 Å². The van der Waals surface area contributed by atoms with Crippen molar-refractivity contribution in [2.45, 2.75) is 44.6 Å². The van der Waals surface area contributed by atoms with Gasteiger partial charge in [-0.25, -0.2) is 4.39 Å². The molecule has 1 aliphatic carbocycles. The summed E-state index contributed by atoms with van der Waals surface area (Å²) in [5.74, 6) is -0.315. The van der Waals surface area contributed by atoms with E-state index in [1.165, 1.54) is 18.6 Å². The Hall–Kier alpha value is -3.97. The third-order valence-electron chi connectivity index (χ3n) is 7.63. The standard InChI is InChI=1S/C31H31FN4O2/c1-31(2,18-38-3)29-28(19-7-9-20(10-8-19)30(37)34-23-5-4-6-23)25-16-26-21(17-33-35-26)15-27(25)36(29)24-13-11-22(32)12-14-24/h7-17,23H,4-6,18H2,1-3H3,(H,33,35)(H,34,37). The summed E-state index contributed by atoms with van der Waals surface area (Å²) in [5, 5.41) is 12.5. The minimum Gasteiger partial charge on any atom is -0.384 e. The number of fused-ring (bicyclic) bond motifs is 2. The van der Waals surface area contributed by atoms with E-state index < -0.39 is 5.41 Å². The average molecular weight is 511 g/mol. The van der Waals surface area contributed by atoms with Crippen molar-refractivity contribution in [2.24, 2.45) is 0 Å². The summed E-state index contributed by atoms with van der Waals surface area (Å²) in [6.07, 6.45) is 5.08. The van der Waals surface area contributed by atoms with Gasteiger partial charge in [-0.3, -0.25) is 9.89 Å². The molecule has 1 saturated carbocycles. The van der Waals surface area contributed by atoms with Crippen LogP contribution in [0.5, 0.6) is 0 Å². The molecule has 3 aromatic carbocycles. The second-order valence-electron chi connectivity index (χ2n) is 10.9. The topological polar surface area (TPSA) is 71.9 Å². The molecule has 0 spiro atoms. The van der Waals surface area contributed by atoms with Crippen LogP contribution in [0, 0.1) is 5.82 Å². The SMILES string of the molecule is COCC(C)(C)c1c(-c2ccc(C(=O)NC3CCC3)cc2)c2cc3[nH]ncc3cc2n1-c1ccc(F)cc1. The number of nitrogens with zero attached hydrogens (tertiary/aromatic N) is 2. The lowest BCUT2D eigenvalue weighted by Crippen LogP contribution is -2.39. The monoisotopic (exact) mass is 510 g/mol. The minimum absolute atomic E-state index is 0.0332. The summed E-state index contributed by atoms with van der Waals surface area (Å²) in [6, 6.07) is 18.9. The van der Waals surface area contributed by atoms with Crippen molar-refractivity contribution in [3.8, 4) is 16.8 Å². The number of hydrogen-bond donors (Lipinski definition) is 2. The van der Waals surface area contributed by atoms with Gasteiger partial charge in [0.15, 0.2) is 0 Å². The fourth-order valence-electron chi connectivity index (χ4n) is 5.55. The maximum absolute atomic E-state index is 13.9. The molecule has 7 heteroatoms. The molecule has 1 fully saturated rings. The Bertz CT molecular complexity index is 1630. The molecule has 0 saturated heterocycles. The maximum Gasteiger partial charge on any atom is 0.251 e. The van der Waals surface area contributed by atoms with Crippen LogP contribution in [-0.2, 0) is 10.2 Å². The van der Waals surface area contributed by atoms with E-state index in [2.05, 4.69) is 46.1 Å². The zero-order valence-electron chi connectivity index (χ0n) is 21.8. The highest BCUT2D eigenvalue weighted by Crippen LogP contribution is 2.44. The Morgan fingerprint density at radius 1 is 1.13 bits per heavy atom. The van der Waals surface area contributed by atoms with Gasteiger partial charge in [0.1, 0.15) is 5.82 Å². The van der Waals surface area contributed by atoms with Gasteiger partial charge in [0.2, 0.25) is 0 Å². The Morgan fingerprint density at radius 2 is 1.87 bits per heavy atom. The number of benzene rings is 3. The van der Waals surface area contributed by atoms with Crippen LogP contribution in [0.2, 0.25) is 0 Å². The van der Waals surface area contributed by atoms with Crippen molar-refractivity contribution in [2.75, 3.05) is 13.7 Å². The van der Waals surface area contributed by atoms with Gasteiger partial charge in [0.25, 0.3) is 5.91 Å². The number of amides is 1. The van der Waals surface area contributed by atoms with Crippen LogP contribution in [0.4, 0.5) is 4.39 Å². The van der Waals surface area contributed by atoms with E-state index in [1.54, 1.807) is 19.2 Å². The quantitative estimate of drug-likeness (QED) is 0.262. The summed E-state index contributed by atoms with van der Waals surface area (Å²) in [6.45, 7) is 4.79. The highest BCUT2D eigenvalue weighted by molar-refractivity contribution is 6.06. The fraction of sp³-hybridized carbons (Fsp3) is 0.290. The third kappa shape index (κ3) is 4.17. The highest BCUT2D eigenvalue weighted by atomic mass is 19.1. The molecular weight excluding hydrogens is 479 g/mol. The van der Waals surface area contributed by atoms with Crippen LogP contribution in [-0.4, -0.2) is 40.4 Å². The molecule has 2 aromatic heterocycles. The number of carbonyl (C=O) groups is 1. The summed E-state index contributed by atoms with van der Waals surface area (Å²) in [7, 11) is 1.71. The molecule has 0 radical (unpaired) electrons. The molecule has 0 bridgehead atoms. The summed E-state index contributed by atoms with van der Waals surface area (Å²) in [4.78, 5) is 12.8. The van der Waals surface area contributed by atoms with Crippen molar-refractivity contribution < 1.29 is 13.9 Å². The lowest BCUT2D eigenvalue weighted by Gasteiger charge is -2.28. The molecule has 38 heavy (non-hydrogen) atoms. The number of aromatic amines is 1. The van der Waals surface area contributed by atoms with Crippen LogP contribution in [0.15, 0.2) is 66.9 Å². The number of H-pyrrole nitrogens is 1. The van der Waals surface area contributed by atoms with Gasteiger partial charge in [0, 0.05) is 51.8 Å². The van der Waals surface area contributed by atoms with Gasteiger partial charge in [-0.15, -0.1) is 0 Å². The molecule has 1 aliphatic rings. The van der Waals surface area contributed by atoms with Crippen molar-refractivity contribution in [1.82, 2.24) is 20.1 Å². The molecule has 0 unspecified atom stereocenters. The second-order valence-corrected chi connectivity index (χ2v) is 10.9. The van der Waals surface area contributed by atoms with Crippen molar-refractivity contribution in [3.63, 3.8) is 0 Å². The minimum atomic E-state index is -0.399. The number of hydrogen-bond acceptors (Lipinski definition) is 3. The van der Waals surface area contributed by atoms with E-state index in [0.717, 1.165) is 57.2 Å². The molecular formula is C31H31FN4O2. The van der Waals surface area contributed by atoms with Crippen molar-refractivity contribution in [3.05, 3.63) is 83.9 Å². The second kappa shape index (κ2) is 9.40. The number of aromatic nitrogens is 3. The van der Waals surface area contributed by atoms with E-state index in [0.29, 0.717) is 12.2 Å². The maximum atomic E-state index is 13.9. The molecule has 6 nitrogen and oxygen atoms in total. The molecule has 2 heterocycles. The molecule has 6 rings (SSSR count). The van der Waals surface area contributed by atoms with Crippen LogP contribution in [0.25, 0.3) is 38.6 Å². The Morgan fingerprint density at radius 3 is 2.53 bits per heavy atom. The first kappa shape index (κ1) is 24.4. The summed E-state index contributed by atoms with van der Waals surface area (Å²) < 4.78 is 21.8. The van der Waals surface area contributed by atoms with Gasteiger partial charge < -0.3 is 14.6 Å². The predicted octanol–water partition coefficient (Wildman–Crippen LogP) is 6.52. The Kier molecular flexibility index (Phi) is 6.03. The van der Waals surface area contributed by atoms with Gasteiger partial charge in [-0.2, -0.15) is 5.10 Å².